The van der Waals surface area contributed by atoms with E-state index in [9.17, 15) is 9.59 Å². The molecule has 2 heterocycles. The molecule has 3 aromatic rings. The van der Waals surface area contributed by atoms with Crippen molar-refractivity contribution in [3.63, 3.8) is 0 Å². The lowest BCUT2D eigenvalue weighted by Gasteiger charge is -2.09. The molecule has 0 saturated carbocycles. The molecule has 0 aliphatic heterocycles. The number of aromatic nitrogens is 4. The number of hydrogen-bond acceptors (Lipinski definition) is 9. The predicted octanol–water partition coefficient (Wildman–Crippen LogP) is 2.09. The number of hydrogen-bond donors (Lipinski definition) is 4. The molecule has 0 bridgehead atoms. The zero-order valence-corrected chi connectivity index (χ0v) is 14.9. The van der Waals surface area contributed by atoms with E-state index in [1.165, 1.54) is 16.8 Å². The van der Waals surface area contributed by atoms with Gasteiger partial charge in [-0.2, -0.15) is 0 Å². The second kappa shape index (κ2) is 8.36. The van der Waals surface area contributed by atoms with Gasteiger partial charge in [-0.05, 0) is 12.1 Å². The van der Waals surface area contributed by atoms with E-state index in [0.29, 0.717) is 5.13 Å². The minimum atomic E-state index is -0.458. The Labute approximate surface area is 155 Å². The Kier molecular flexibility index (Phi) is 5.71. The number of carbonyl (C=O) groups is 1. The number of thioether (sulfide) groups is 1. The van der Waals surface area contributed by atoms with E-state index in [0.717, 1.165) is 23.7 Å². The van der Waals surface area contributed by atoms with Crippen molar-refractivity contribution in [2.45, 2.75) is 5.16 Å². The molecule has 0 radical (unpaired) electrons. The Morgan fingerprint density at radius 2 is 2.15 bits per heavy atom. The van der Waals surface area contributed by atoms with Gasteiger partial charge < -0.3 is 15.7 Å². The number of para-hydroxylation sites is 1. The number of aromatic amines is 1. The highest BCUT2D eigenvalue weighted by Gasteiger charge is 2.12. The fraction of sp³-hybridized carbons (Fsp3) is 0.0667. The van der Waals surface area contributed by atoms with Gasteiger partial charge >= 0.3 is 0 Å². The fourth-order valence-electron chi connectivity index (χ4n) is 1.93. The Bertz CT molecular complexity index is 958. The van der Waals surface area contributed by atoms with Gasteiger partial charge in [0.2, 0.25) is 11.0 Å². The summed E-state index contributed by atoms with van der Waals surface area (Å²) in [7, 11) is 0. The summed E-state index contributed by atoms with van der Waals surface area (Å²) in [5, 5.41) is 21.1. The van der Waals surface area contributed by atoms with Gasteiger partial charge in [0.25, 0.3) is 5.56 Å². The Morgan fingerprint density at radius 3 is 2.85 bits per heavy atom. The Balaban J connectivity index is 1.74. The molecule has 0 spiro atoms. The summed E-state index contributed by atoms with van der Waals surface area (Å²) in [4.78, 5) is 30.9. The molecule has 0 aliphatic rings. The minimum absolute atomic E-state index is 0.0389. The smallest absolute Gasteiger partial charge is 0.262 e. The summed E-state index contributed by atoms with van der Waals surface area (Å²) in [6.07, 6.45) is 0.938. The third kappa shape index (κ3) is 4.52. The molecule has 4 N–H and O–H groups in total. The number of benzene rings is 1. The summed E-state index contributed by atoms with van der Waals surface area (Å²) in [6.45, 7) is 0. The molecule has 3 rings (SSSR count). The summed E-state index contributed by atoms with van der Waals surface area (Å²) >= 11 is 2.28. The topological polar surface area (TPSA) is 137 Å². The van der Waals surface area contributed by atoms with Gasteiger partial charge in [0, 0.05) is 11.9 Å². The predicted molar refractivity (Wildman–Crippen MR) is 102 cm³/mol. The molecular weight excluding hydrogens is 374 g/mol. The van der Waals surface area contributed by atoms with Crippen molar-refractivity contribution in [1.82, 2.24) is 20.2 Å². The zero-order chi connectivity index (χ0) is 18.4. The quantitative estimate of drug-likeness (QED) is 0.277. The van der Waals surface area contributed by atoms with Gasteiger partial charge in [-0.3, -0.25) is 14.9 Å². The van der Waals surface area contributed by atoms with E-state index >= 15 is 0 Å². The van der Waals surface area contributed by atoms with Gasteiger partial charge in [0.1, 0.15) is 16.9 Å². The minimum Gasteiger partial charge on any atom is -0.339 e. The number of nitrogens with one attached hydrogen (secondary N) is 4. The first kappa shape index (κ1) is 17.8. The largest absolute Gasteiger partial charge is 0.339 e. The van der Waals surface area contributed by atoms with Gasteiger partial charge in [-0.15, -0.1) is 10.2 Å². The Morgan fingerprint density at radius 1 is 1.35 bits per heavy atom. The molecule has 9 nitrogen and oxygen atoms in total. The molecule has 0 saturated heterocycles. The van der Waals surface area contributed by atoms with Crippen LogP contribution in [0.5, 0.6) is 0 Å². The van der Waals surface area contributed by atoms with Crippen LogP contribution in [0.2, 0.25) is 0 Å². The average molecular weight is 387 g/mol. The lowest BCUT2D eigenvalue weighted by Crippen LogP contribution is -2.19. The van der Waals surface area contributed by atoms with Crippen LogP contribution >= 0.6 is 23.1 Å². The highest BCUT2D eigenvalue weighted by molar-refractivity contribution is 7.99. The summed E-state index contributed by atoms with van der Waals surface area (Å²) < 4.78 is 0. The van der Waals surface area contributed by atoms with Crippen molar-refractivity contribution in [2.75, 3.05) is 16.4 Å². The first-order chi connectivity index (χ1) is 12.7. The van der Waals surface area contributed by atoms with Crippen LogP contribution < -0.4 is 16.2 Å². The number of anilines is 3. The van der Waals surface area contributed by atoms with Gasteiger partial charge in [0.15, 0.2) is 5.16 Å². The number of H-pyrrole nitrogens is 1. The van der Waals surface area contributed by atoms with Crippen LogP contribution in [0, 0.1) is 5.41 Å². The number of carbonyl (C=O) groups excluding carboxylic acids is 1. The lowest BCUT2D eigenvalue weighted by molar-refractivity contribution is -0.113. The summed E-state index contributed by atoms with van der Waals surface area (Å²) in [6, 6.07) is 9.18. The maximum atomic E-state index is 12.2. The van der Waals surface area contributed by atoms with Crippen LogP contribution in [0.25, 0.3) is 0 Å². The normalized spacial score (nSPS) is 10.3. The molecule has 0 fully saturated rings. The van der Waals surface area contributed by atoms with Crippen LogP contribution in [0.4, 0.5) is 16.6 Å². The molecular formula is C15H13N7O2S2. The van der Waals surface area contributed by atoms with Crippen molar-refractivity contribution >= 4 is 51.9 Å². The molecule has 1 amide bonds. The van der Waals surface area contributed by atoms with E-state index in [-0.39, 0.29) is 28.2 Å². The van der Waals surface area contributed by atoms with E-state index in [1.807, 2.05) is 30.3 Å². The van der Waals surface area contributed by atoms with Crippen LogP contribution in [-0.4, -0.2) is 38.0 Å². The lowest BCUT2D eigenvalue weighted by atomic mass is 10.3. The van der Waals surface area contributed by atoms with Crippen molar-refractivity contribution < 1.29 is 4.79 Å². The highest BCUT2D eigenvalue weighted by Crippen LogP contribution is 2.19. The molecule has 26 heavy (non-hydrogen) atoms. The molecule has 1 aromatic carbocycles. The first-order valence-electron chi connectivity index (χ1n) is 7.31. The Hall–Kier alpha value is -3.05. The second-order valence-electron chi connectivity index (χ2n) is 4.85. The van der Waals surface area contributed by atoms with Gasteiger partial charge in [-0.1, -0.05) is 41.3 Å². The van der Waals surface area contributed by atoms with Crippen molar-refractivity contribution in [3.8, 4) is 0 Å². The van der Waals surface area contributed by atoms with E-state index in [2.05, 4.69) is 30.8 Å². The SMILES string of the molecule is N=Cc1c(Nc2ccccc2)nc(SCC(=O)Nc2nncs2)[nH]c1=O. The van der Waals surface area contributed by atoms with Crippen molar-refractivity contribution in [1.29, 1.82) is 5.41 Å². The molecule has 132 valence electrons. The van der Waals surface area contributed by atoms with Crippen LogP contribution in [0.15, 0.2) is 45.8 Å². The third-order valence-electron chi connectivity index (χ3n) is 3.06. The maximum absolute atomic E-state index is 12.2. The maximum Gasteiger partial charge on any atom is 0.262 e. The fourth-order valence-corrected chi connectivity index (χ4v) is 3.06. The summed E-state index contributed by atoms with van der Waals surface area (Å²) in [5.41, 5.74) is 1.90. The molecule has 11 heteroatoms. The van der Waals surface area contributed by atoms with Crippen LogP contribution in [0.3, 0.4) is 0 Å². The zero-order valence-electron chi connectivity index (χ0n) is 13.2. The van der Waals surface area contributed by atoms with Gasteiger partial charge in [0.05, 0.1) is 5.75 Å². The van der Waals surface area contributed by atoms with Gasteiger partial charge in [-0.25, -0.2) is 4.98 Å². The average Bonchev–Trinajstić information content (AvgIpc) is 3.14. The summed E-state index contributed by atoms with van der Waals surface area (Å²) in [5.74, 6) is 0.00196. The molecule has 2 aromatic heterocycles. The van der Waals surface area contributed by atoms with E-state index in [4.69, 9.17) is 5.41 Å². The van der Waals surface area contributed by atoms with Crippen LogP contribution in [-0.2, 0) is 4.79 Å². The second-order valence-corrected chi connectivity index (χ2v) is 6.65. The van der Waals surface area contributed by atoms with Crippen LogP contribution in [0.1, 0.15) is 5.56 Å². The number of nitrogens with zero attached hydrogens (tertiary/aromatic N) is 3. The molecule has 0 atom stereocenters. The number of amides is 1. The number of rotatable bonds is 7. The molecule has 0 aliphatic carbocycles. The standard InChI is InChI=1S/C15H13N7O2S2/c16-6-10-12(18-9-4-2-1-3-5-9)20-14(21-13(10)24)25-7-11(23)19-15-22-17-8-26-15/h1-6,8,16H,7H2,(H,19,22,23)(H2,18,20,21,24). The highest BCUT2D eigenvalue weighted by atomic mass is 32.2. The van der Waals surface area contributed by atoms with Crippen molar-refractivity contribution in [3.05, 3.63) is 51.8 Å². The third-order valence-corrected chi connectivity index (χ3v) is 4.54. The van der Waals surface area contributed by atoms with E-state index < -0.39 is 5.56 Å². The van der Waals surface area contributed by atoms with Crippen molar-refractivity contribution in [2.24, 2.45) is 0 Å². The monoisotopic (exact) mass is 387 g/mol. The molecule has 0 unspecified atom stereocenters. The first-order valence-corrected chi connectivity index (χ1v) is 9.18. The van der Waals surface area contributed by atoms with E-state index in [1.54, 1.807) is 0 Å².